The summed E-state index contributed by atoms with van der Waals surface area (Å²) in [4.78, 5) is 49.7. The van der Waals surface area contributed by atoms with E-state index >= 15 is 0 Å². The first-order valence-corrected chi connectivity index (χ1v) is 10.3. The van der Waals surface area contributed by atoms with Gasteiger partial charge in [0.15, 0.2) is 11.5 Å². The number of amides is 3. The first-order chi connectivity index (χ1) is 15.3. The molecule has 2 aliphatic heterocycles. The van der Waals surface area contributed by atoms with E-state index in [2.05, 4.69) is 5.32 Å². The third-order valence-corrected chi connectivity index (χ3v) is 6.06. The topological polar surface area (TPSA) is 128 Å². The summed E-state index contributed by atoms with van der Waals surface area (Å²) in [6.45, 7) is 1.39. The number of nitrogens with zero attached hydrogens (tertiary/aromatic N) is 2. The van der Waals surface area contributed by atoms with Crippen molar-refractivity contribution < 1.29 is 28.8 Å². The summed E-state index contributed by atoms with van der Waals surface area (Å²) >= 11 is 0. The van der Waals surface area contributed by atoms with Crippen LogP contribution in [0.15, 0.2) is 36.4 Å². The first-order valence-electron chi connectivity index (χ1n) is 10.3. The quantitative estimate of drug-likeness (QED) is 0.442. The average Bonchev–Trinajstić information content (AvgIpc) is 3.44. The van der Waals surface area contributed by atoms with E-state index in [4.69, 9.17) is 9.47 Å². The van der Waals surface area contributed by atoms with Crippen LogP contribution in [0.1, 0.15) is 53.3 Å². The highest BCUT2D eigenvalue weighted by molar-refractivity contribution is 6.24. The molecule has 2 aromatic carbocycles. The third kappa shape index (κ3) is 2.98. The molecule has 1 spiro atoms. The lowest BCUT2D eigenvalue weighted by atomic mass is 10.1. The molecule has 3 aliphatic rings. The maximum Gasteiger partial charge on any atom is 0.282 e. The largest absolute Gasteiger partial charge is 0.448 e. The summed E-state index contributed by atoms with van der Waals surface area (Å²) in [6, 6.07) is 7.63. The minimum Gasteiger partial charge on any atom is -0.448 e. The van der Waals surface area contributed by atoms with Crippen molar-refractivity contribution in [2.45, 2.75) is 44.4 Å². The highest BCUT2D eigenvalue weighted by Gasteiger charge is 2.46. The summed E-state index contributed by atoms with van der Waals surface area (Å²) in [5.74, 6) is -1.73. The molecule has 0 aromatic heterocycles. The van der Waals surface area contributed by atoms with E-state index in [0.29, 0.717) is 17.2 Å². The van der Waals surface area contributed by atoms with Gasteiger partial charge in [0.2, 0.25) is 5.91 Å². The van der Waals surface area contributed by atoms with E-state index < -0.39 is 40.2 Å². The summed E-state index contributed by atoms with van der Waals surface area (Å²) in [7, 11) is 0. The molecule has 1 fully saturated rings. The second kappa shape index (κ2) is 7.04. The maximum absolute atomic E-state index is 12.8. The van der Waals surface area contributed by atoms with Crippen LogP contribution in [-0.2, 0) is 4.79 Å². The van der Waals surface area contributed by atoms with Crippen LogP contribution >= 0.6 is 0 Å². The monoisotopic (exact) mass is 437 g/mol. The predicted octanol–water partition coefficient (Wildman–Crippen LogP) is 3.26. The van der Waals surface area contributed by atoms with Gasteiger partial charge in [-0.25, -0.2) is 0 Å². The van der Waals surface area contributed by atoms with Gasteiger partial charge in [0.1, 0.15) is 11.6 Å². The number of rotatable bonds is 4. The Balaban J connectivity index is 1.34. The standard InChI is InChI=1S/C22H19N3O7/c1-12(24-20(27)14-5-4-6-15(25(29)30)18(14)21(24)28)19(26)23-13-7-8-16-17(11-13)32-22(31-16)9-2-3-10-22/h4-8,11-12H,2-3,9-10H2,1H3,(H,23,26)/t12-/m0/s1. The van der Waals surface area contributed by atoms with Gasteiger partial charge in [-0.1, -0.05) is 6.07 Å². The lowest BCUT2D eigenvalue weighted by molar-refractivity contribution is -0.385. The van der Waals surface area contributed by atoms with Crippen molar-refractivity contribution >= 4 is 29.1 Å². The lowest BCUT2D eigenvalue weighted by Gasteiger charge is -2.21. The number of carbonyl (C=O) groups excluding carboxylic acids is 3. The lowest BCUT2D eigenvalue weighted by Crippen LogP contribution is -2.45. The molecule has 0 bridgehead atoms. The van der Waals surface area contributed by atoms with Gasteiger partial charge in [-0.05, 0) is 38.0 Å². The zero-order valence-corrected chi connectivity index (χ0v) is 17.1. The molecular weight excluding hydrogens is 418 g/mol. The van der Waals surface area contributed by atoms with E-state index in [9.17, 15) is 24.5 Å². The van der Waals surface area contributed by atoms with Crippen LogP contribution in [0.5, 0.6) is 11.5 Å². The molecule has 3 amide bonds. The number of hydrogen-bond acceptors (Lipinski definition) is 7. The van der Waals surface area contributed by atoms with Crippen molar-refractivity contribution in [1.29, 1.82) is 0 Å². The number of nitro benzene ring substituents is 1. The smallest absolute Gasteiger partial charge is 0.282 e. The molecule has 1 saturated carbocycles. The van der Waals surface area contributed by atoms with E-state index in [1.807, 2.05) is 0 Å². The number of fused-ring (bicyclic) bond motifs is 2. The molecule has 0 radical (unpaired) electrons. The van der Waals surface area contributed by atoms with Crippen molar-refractivity contribution in [3.05, 3.63) is 57.6 Å². The zero-order chi connectivity index (χ0) is 22.6. The first kappa shape index (κ1) is 20.0. The van der Waals surface area contributed by atoms with Crippen molar-refractivity contribution in [3.8, 4) is 11.5 Å². The number of benzene rings is 2. The van der Waals surface area contributed by atoms with E-state index in [-0.39, 0.29) is 11.1 Å². The molecule has 164 valence electrons. The Morgan fingerprint density at radius 1 is 1.12 bits per heavy atom. The normalized spacial score (nSPS) is 18.7. The second-order valence-electron chi connectivity index (χ2n) is 8.09. The molecule has 1 atom stereocenters. The van der Waals surface area contributed by atoms with E-state index in [1.165, 1.54) is 19.1 Å². The van der Waals surface area contributed by atoms with Crippen LogP contribution in [-0.4, -0.2) is 39.4 Å². The summed E-state index contributed by atoms with van der Waals surface area (Å²) < 4.78 is 11.9. The Hall–Kier alpha value is -3.95. The Morgan fingerprint density at radius 2 is 1.84 bits per heavy atom. The highest BCUT2D eigenvalue weighted by Crippen LogP contribution is 2.47. The molecule has 0 saturated heterocycles. The van der Waals surface area contributed by atoms with Crippen LogP contribution in [0.2, 0.25) is 0 Å². The van der Waals surface area contributed by atoms with Crippen LogP contribution in [0.25, 0.3) is 0 Å². The molecule has 2 heterocycles. The molecule has 32 heavy (non-hydrogen) atoms. The Labute approximate surface area is 182 Å². The molecule has 2 aromatic rings. The SMILES string of the molecule is C[C@@H](C(=O)Nc1ccc2c(c1)OC1(CCCC1)O2)N1C(=O)c2cccc([N+](=O)[O-])c2C1=O. The number of hydrogen-bond donors (Lipinski definition) is 1. The van der Waals surface area contributed by atoms with Crippen LogP contribution < -0.4 is 14.8 Å². The van der Waals surface area contributed by atoms with Crippen molar-refractivity contribution in [2.24, 2.45) is 0 Å². The number of nitro groups is 1. The molecule has 5 rings (SSSR count). The Kier molecular flexibility index (Phi) is 4.40. The number of anilines is 1. The van der Waals surface area contributed by atoms with Gasteiger partial charge in [0, 0.05) is 30.7 Å². The molecular formula is C22H19N3O7. The van der Waals surface area contributed by atoms with E-state index in [1.54, 1.807) is 18.2 Å². The van der Waals surface area contributed by atoms with Gasteiger partial charge in [-0.2, -0.15) is 0 Å². The van der Waals surface area contributed by atoms with Crippen LogP contribution in [0.4, 0.5) is 11.4 Å². The maximum atomic E-state index is 12.8. The fraction of sp³-hybridized carbons (Fsp3) is 0.318. The minimum atomic E-state index is -1.19. The summed E-state index contributed by atoms with van der Waals surface area (Å²) in [5.41, 5.74) is -0.435. The van der Waals surface area contributed by atoms with Crippen molar-refractivity contribution in [2.75, 3.05) is 5.32 Å². The fourth-order valence-corrected chi connectivity index (χ4v) is 4.44. The van der Waals surface area contributed by atoms with Gasteiger partial charge in [-0.15, -0.1) is 0 Å². The van der Waals surface area contributed by atoms with Gasteiger partial charge in [-0.3, -0.25) is 29.4 Å². The van der Waals surface area contributed by atoms with Crippen molar-refractivity contribution in [1.82, 2.24) is 4.90 Å². The fourth-order valence-electron chi connectivity index (χ4n) is 4.44. The highest BCUT2D eigenvalue weighted by atomic mass is 16.7. The average molecular weight is 437 g/mol. The molecule has 0 unspecified atom stereocenters. The third-order valence-electron chi connectivity index (χ3n) is 6.06. The van der Waals surface area contributed by atoms with Crippen LogP contribution in [0, 0.1) is 10.1 Å². The van der Waals surface area contributed by atoms with Crippen LogP contribution in [0.3, 0.4) is 0 Å². The Morgan fingerprint density at radius 3 is 2.56 bits per heavy atom. The predicted molar refractivity (Wildman–Crippen MR) is 111 cm³/mol. The molecule has 1 N–H and O–H groups in total. The number of nitrogens with one attached hydrogen (secondary N) is 1. The minimum absolute atomic E-state index is 0.0891. The molecule has 1 aliphatic carbocycles. The van der Waals surface area contributed by atoms with Gasteiger partial charge in [0.25, 0.3) is 23.3 Å². The van der Waals surface area contributed by atoms with Gasteiger partial charge in [0.05, 0.1) is 10.5 Å². The van der Waals surface area contributed by atoms with Gasteiger partial charge >= 0.3 is 0 Å². The number of ether oxygens (including phenoxy) is 2. The second-order valence-corrected chi connectivity index (χ2v) is 8.09. The molecule has 10 heteroatoms. The summed E-state index contributed by atoms with van der Waals surface area (Å²) in [5, 5.41) is 14.0. The van der Waals surface area contributed by atoms with Gasteiger partial charge < -0.3 is 14.8 Å². The van der Waals surface area contributed by atoms with Crippen molar-refractivity contribution in [3.63, 3.8) is 0 Å². The Bertz CT molecular complexity index is 1190. The number of imide groups is 1. The van der Waals surface area contributed by atoms with E-state index in [0.717, 1.165) is 36.6 Å². The zero-order valence-electron chi connectivity index (χ0n) is 17.1. The summed E-state index contributed by atoms with van der Waals surface area (Å²) in [6.07, 6.45) is 3.64. The molecule has 10 nitrogen and oxygen atoms in total. The number of carbonyl (C=O) groups is 3.